The molecule has 0 aliphatic heterocycles. The van der Waals surface area contributed by atoms with Crippen LogP contribution in [0.1, 0.15) is 233 Å². The van der Waals surface area contributed by atoms with Crippen LogP contribution in [0.15, 0.2) is 12.2 Å². The molecule has 0 aromatic rings. The molecule has 0 spiro atoms. The topological polar surface area (TPSA) is 79.3 Å². The number of esters is 2. The van der Waals surface area contributed by atoms with Gasteiger partial charge in [0.25, 0.3) is 0 Å². The van der Waals surface area contributed by atoms with Gasteiger partial charge >= 0.3 is 11.9 Å². The molecule has 0 radical (unpaired) electrons. The highest BCUT2D eigenvalue weighted by Gasteiger charge is 2.25. The summed E-state index contributed by atoms with van der Waals surface area (Å²) in [5.41, 5.74) is 0. The number of allylic oxidation sites excluding steroid dienone is 2. The average molecular weight is 819 g/mol. The van der Waals surface area contributed by atoms with E-state index in [1.54, 1.807) is 0 Å². The second-order valence-electron chi connectivity index (χ2n) is 18.2. The summed E-state index contributed by atoms with van der Waals surface area (Å²) in [6, 6.07) is 0.683. The van der Waals surface area contributed by atoms with Crippen molar-refractivity contribution in [1.82, 2.24) is 9.80 Å². The fraction of sp³-hybridized carbons (Fsp3) is 0.922. The molecule has 0 saturated heterocycles. The molecule has 342 valence electrons. The molecule has 1 aliphatic carbocycles. The van der Waals surface area contributed by atoms with Crippen LogP contribution in [0.2, 0.25) is 0 Å². The Morgan fingerprint density at radius 2 is 1.05 bits per heavy atom. The van der Waals surface area contributed by atoms with Crippen LogP contribution in [0.5, 0.6) is 0 Å². The fourth-order valence-corrected chi connectivity index (χ4v) is 8.32. The van der Waals surface area contributed by atoms with E-state index >= 15 is 0 Å². The maximum absolute atomic E-state index is 13.3. The molecule has 1 N–H and O–H groups in total. The lowest BCUT2D eigenvalue weighted by atomic mass is 9.91. The Morgan fingerprint density at radius 3 is 1.60 bits per heavy atom. The van der Waals surface area contributed by atoms with Gasteiger partial charge in [0.15, 0.2) is 0 Å². The molecule has 1 fully saturated rings. The number of nitrogens with zero attached hydrogens (tertiary/aromatic N) is 2. The van der Waals surface area contributed by atoms with Crippen LogP contribution < -0.4 is 0 Å². The monoisotopic (exact) mass is 819 g/mol. The minimum Gasteiger partial charge on any atom is -0.465 e. The first-order valence-corrected chi connectivity index (χ1v) is 25.4. The number of ether oxygens (including phenoxy) is 2. The summed E-state index contributed by atoms with van der Waals surface area (Å²) in [6.45, 7) is 11.5. The summed E-state index contributed by atoms with van der Waals surface area (Å²) in [7, 11) is 2.09. The average Bonchev–Trinajstić information content (AvgIpc) is 3.19. The van der Waals surface area contributed by atoms with Gasteiger partial charge in [-0.25, -0.2) is 0 Å². The van der Waals surface area contributed by atoms with Crippen LogP contribution in [-0.2, 0) is 19.1 Å². The second-order valence-corrected chi connectivity index (χ2v) is 18.2. The predicted molar refractivity (Wildman–Crippen MR) is 247 cm³/mol. The summed E-state index contributed by atoms with van der Waals surface area (Å²) in [4.78, 5) is 31.0. The molecule has 1 rings (SSSR count). The minimum atomic E-state index is -0.108. The van der Waals surface area contributed by atoms with Crippen molar-refractivity contribution < 1.29 is 24.2 Å². The third-order valence-corrected chi connectivity index (χ3v) is 12.6. The van der Waals surface area contributed by atoms with Crippen molar-refractivity contribution in [3.63, 3.8) is 0 Å². The Morgan fingerprint density at radius 1 is 0.569 bits per heavy atom. The Labute approximate surface area is 360 Å². The van der Waals surface area contributed by atoms with Gasteiger partial charge in [-0.1, -0.05) is 161 Å². The largest absolute Gasteiger partial charge is 0.465 e. The molecule has 7 heteroatoms. The van der Waals surface area contributed by atoms with E-state index in [0.717, 1.165) is 64.6 Å². The number of unbranched alkanes of at least 4 members (excludes halogenated alkanes) is 20. The second kappa shape index (κ2) is 40.9. The van der Waals surface area contributed by atoms with Crippen molar-refractivity contribution in [3.05, 3.63) is 12.2 Å². The molecular weight excluding hydrogens is 721 g/mol. The van der Waals surface area contributed by atoms with Gasteiger partial charge in [0.2, 0.25) is 0 Å². The lowest BCUT2D eigenvalue weighted by Crippen LogP contribution is -2.44. The summed E-state index contributed by atoms with van der Waals surface area (Å²) >= 11 is 0. The summed E-state index contributed by atoms with van der Waals surface area (Å²) in [6.07, 6.45) is 43.7. The van der Waals surface area contributed by atoms with Gasteiger partial charge in [0.05, 0.1) is 19.8 Å². The Balaban J connectivity index is 2.55. The molecular formula is C51H98N2O5. The lowest BCUT2D eigenvalue weighted by Gasteiger charge is -2.38. The van der Waals surface area contributed by atoms with Gasteiger partial charge in [-0.15, -0.1) is 0 Å². The van der Waals surface area contributed by atoms with Crippen LogP contribution in [-0.4, -0.2) is 85.9 Å². The van der Waals surface area contributed by atoms with Crippen molar-refractivity contribution in [1.29, 1.82) is 0 Å². The van der Waals surface area contributed by atoms with Gasteiger partial charge in [-0.05, 0) is 90.1 Å². The van der Waals surface area contributed by atoms with E-state index in [4.69, 9.17) is 9.47 Å². The quantitative estimate of drug-likeness (QED) is 0.0373. The van der Waals surface area contributed by atoms with Crippen LogP contribution in [0.4, 0.5) is 0 Å². The molecule has 0 heterocycles. The van der Waals surface area contributed by atoms with E-state index < -0.39 is 0 Å². The van der Waals surface area contributed by atoms with Crippen molar-refractivity contribution in [2.75, 3.05) is 53.0 Å². The maximum atomic E-state index is 13.3. The Bertz CT molecular complexity index is 940. The Hall–Kier alpha value is -1.44. The predicted octanol–water partition coefficient (Wildman–Crippen LogP) is 13.4. The first-order chi connectivity index (χ1) is 28.4. The summed E-state index contributed by atoms with van der Waals surface area (Å²) in [5.74, 6) is 0.269. The van der Waals surface area contributed by atoms with Crippen molar-refractivity contribution in [3.8, 4) is 0 Å². The van der Waals surface area contributed by atoms with E-state index in [0.29, 0.717) is 44.6 Å². The van der Waals surface area contributed by atoms with Crippen molar-refractivity contribution in [2.45, 2.75) is 239 Å². The number of likely N-dealkylation sites (N-methyl/N-ethyl adjacent to an activating group) is 1. The third kappa shape index (κ3) is 33.3. The van der Waals surface area contributed by atoms with Gasteiger partial charge in [0, 0.05) is 44.4 Å². The summed E-state index contributed by atoms with van der Waals surface area (Å²) < 4.78 is 11.9. The number of rotatable bonds is 44. The van der Waals surface area contributed by atoms with E-state index in [2.05, 4.69) is 49.8 Å². The van der Waals surface area contributed by atoms with E-state index in [9.17, 15) is 14.7 Å². The normalized spacial score (nSPS) is 14.4. The number of hydrogen-bond donors (Lipinski definition) is 1. The molecule has 2 unspecified atom stereocenters. The molecule has 0 amide bonds. The van der Waals surface area contributed by atoms with Gasteiger partial charge in [-0.3, -0.25) is 14.5 Å². The van der Waals surface area contributed by atoms with E-state index in [1.807, 2.05) is 0 Å². The van der Waals surface area contributed by atoms with Crippen LogP contribution in [0.25, 0.3) is 0 Å². The lowest BCUT2D eigenvalue weighted by molar-refractivity contribution is -0.150. The zero-order valence-corrected chi connectivity index (χ0v) is 39.1. The fourth-order valence-electron chi connectivity index (χ4n) is 8.32. The van der Waals surface area contributed by atoms with Crippen molar-refractivity contribution >= 4 is 11.9 Å². The molecule has 1 aliphatic rings. The standard InChI is InChI=1S/C51H98N2O5/c1-5-8-11-14-16-17-18-19-20-21-22-23-24-26-29-38-50(55)57-45-48(35-30-31-39-53(49-36-32-37-49)41-40-52(4)42-43-54)46-58-51(56)44-47(33-27-13-10-7-3)34-28-25-15-12-9-6-2/h19-20,47-49,54H,5-18,21-46H2,1-4H3/b20-19-. The zero-order valence-electron chi connectivity index (χ0n) is 39.1. The number of aliphatic hydroxyl groups is 1. The SMILES string of the molecule is CCCCCCCC/C=C\CCCCCCCC(=O)OCC(CCCCN(CCN(C)CCO)C1CCC1)COC(=O)CC(CCCCCC)CCCCCCCC. The van der Waals surface area contributed by atoms with E-state index in [1.165, 1.54) is 154 Å². The first-order valence-electron chi connectivity index (χ1n) is 25.4. The number of hydrogen-bond acceptors (Lipinski definition) is 7. The van der Waals surface area contributed by atoms with Crippen molar-refractivity contribution in [2.24, 2.45) is 11.8 Å². The van der Waals surface area contributed by atoms with Gasteiger partial charge < -0.3 is 19.5 Å². The number of aliphatic hydroxyl groups excluding tert-OH is 1. The first kappa shape index (κ1) is 54.6. The molecule has 2 atom stereocenters. The van der Waals surface area contributed by atoms with Crippen LogP contribution in [0, 0.1) is 11.8 Å². The highest BCUT2D eigenvalue weighted by atomic mass is 16.5. The number of carbonyl (C=O) groups is 2. The van der Waals surface area contributed by atoms with Gasteiger partial charge in [0.1, 0.15) is 0 Å². The highest BCUT2D eigenvalue weighted by molar-refractivity contribution is 5.70. The highest BCUT2D eigenvalue weighted by Crippen LogP contribution is 2.26. The molecule has 1 saturated carbocycles. The Kier molecular flexibility index (Phi) is 38.5. The maximum Gasteiger partial charge on any atom is 0.306 e. The number of carbonyl (C=O) groups excluding carboxylic acids is 2. The molecule has 0 aromatic carbocycles. The minimum absolute atomic E-state index is 0.0384. The summed E-state index contributed by atoms with van der Waals surface area (Å²) in [5, 5.41) is 9.33. The van der Waals surface area contributed by atoms with Gasteiger partial charge in [-0.2, -0.15) is 0 Å². The van der Waals surface area contributed by atoms with Crippen LogP contribution >= 0.6 is 0 Å². The zero-order chi connectivity index (χ0) is 42.2. The third-order valence-electron chi connectivity index (χ3n) is 12.6. The molecule has 7 nitrogen and oxygen atoms in total. The molecule has 0 aromatic heterocycles. The smallest absolute Gasteiger partial charge is 0.306 e. The van der Waals surface area contributed by atoms with E-state index in [-0.39, 0.29) is 24.5 Å². The van der Waals surface area contributed by atoms with Crippen LogP contribution in [0.3, 0.4) is 0 Å². The molecule has 58 heavy (non-hydrogen) atoms. The molecule has 0 bridgehead atoms.